The highest BCUT2D eigenvalue weighted by atomic mass is 35.5. The number of rotatable bonds is 5. The second-order valence-corrected chi connectivity index (χ2v) is 5.03. The molecule has 0 aliphatic heterocycles. The van der Waals surface area contributed by atoms with Crippen molar-refractivity contribution in [2.45, 2.75) is 25.9 Å². The Labute approximate surface area is 118 Å². The van der Waals surface area contributed by atoms with Crippen LogP contribution in [0, 0.1) is 0 Å². The van der Waals surface area contributed by atoms with E-state index in [-0.39, 0.29) is 24.6 Å². The first-order valence-corrected chi connectivity index (χ1v) is 6.43. The molecule has 19 heavy (non-hydrogen) atoms. The molecule has 106 valence electrons. The SMILES string of the molecule is CC(CO)N(C)C(C)C(=O)Nc1ccc(Cl)cc1N. The van der Waals surface area contributed by atoms with Gasteiger partial charge >= 0.3 is 0 Å². The highest BCUT2D eigenvalue weighted by Crippen LogP contribution is 2.23. The Kier molecular flexibility index (Phi) is 5.60. The van der Waals surface area contributed by atoms with E-state index in [1.807, 2.05) is 6.92 Å². The lowest BCUT2D eigenvalue weighted by molar-refractivity contribution is -0.121. The number of likely N-dealkylation sites (N-methyl/N-ethyl adjacent to an activating group) is 1. The standard InChI is InChI=1S/C13H20ClN3O2/c1-8(7-18)17(3)9(2)13(19)16-12-5-4-10(14)6-11(12)15/h4-6,8-9,18H,7,15H2,1-3H3,(H,16,19). The number of anilines is 2. The Morgan fingerprint density at radius 1 is 1.53 bits per heavy atom. The van der Waals surface area contributed by atoms with Gasteiger partial charge in [0, 0.05) is 11.1 Å². The molecular weight excluding hydrogens is 266 g/mol. The van der Waals surface area contributed by atoms with Gasteiger partial charge in [0.25, 0.3) is 0 Å². The van der Waals surface area contributed by atoms with E-state index in [9.17, 15) is 4.79 Å². The van der Waals surface area contributed by atoms with E-state index in [0.29, 0.717) is 16.4 Å². The van der Waals surface area contributed by atoms with Crippen molar-refractivity contribution >= 4 is 28.9 Å². The van der Waals surface area contributed by atoms with Crippen LogP contribution in [-0.2, 0) is 4.79 Å². The smallest absolute Gasteiger partial charge is 0.241 e. The normalized spacial score (nSPS) is 14.2. The zero-order valence-electron chi connectivity index (χ0n) is 11.4. The molecule has 1 amide bonds. The van der Waals surface area contributed by atoms with E-state index in [4.69, 9.17) is 22.4 Å². The highest BCUT2D eigenvalue weighted by molar-refractivity contribution is 6.31. The van der Waals surface area contributed by atoms with Crippen LogP contribution in [0.15, 0.2) is 18.2 Å². The number of nitrogens with zero attached hydrogens (tertiary/aromatic N) is 1. The van der Waals surface area contributed by atoms with Crippen molar-refractivity contribution in [1.82, 2.24) is 4.90 Å². The second kappa shape index (κ2) is 6.75. The second-order valence-electron chi connectivity index (χ2n) is 4.59. The van der Waals surface area contributed by atoms with E-state index in [1.54, 1.807) is 37.1 Å². The van der Waals surface area contributed by atoms with Crippen LogP contribution in [-0.4, -0.2) is 41.7 Å². The number of nitrogens with one attached hydrogen (secondary N) is 1. The van der Waals surface area contributed by atoms with Crippen LogP contribution in [0.2, 0.25) is 5.02 Å². The summed E-state index contributed by atoms with van der Waals surface area (Å²) in [5.41, 5.74) is 6.73. The number of carbonyl (C=O) groups is 1. The number of halogens is 1. The average molecular weight is 286 g/mol. The minimum Gasteiger partial charge on any atom is -0.397 e. The molecule has 1 aromatic rings. The molecule has 2 unspecified atom stereocenters. The first-order chi connectivity index (χ1) is 8.86. The molecule has 0 aromatic heterocycles. The number of nitrogens with two attached hydrogens (primary N) is 1. The number of benzene rings is 1. The van der Waals surface area contributed by atoms with E-state index >= 15 is 0 Å². The van der Waals surface area contributed by atoms with Gasteiger partial charge in [0.1, 0.15) is 0 Å². The van der Waals surface area contributed by atoms with Crippen LogP contribution in [0.1, 0.15) is 13.8 Å². The Morgan fingerprint density at radius 3 is 2.68 bits per heavy atom. The third-order valence-corrected chi connectivity index (χ3v) is 3.46. The predicted molar refractivity (Wildman–Crippen MR) is 78.3 cm³/mol. The minimum atomic E-state index is -0.378. The van der Waals surface area contributed by atoms with Gasteiger partial charge in [-0.05, 0) is 39.1 Å². The van der Waals surface area contributed by atoms with Crippen LogP contribution >= 0.6 is 11.6 Å². The molecule has 6 heteroatoms. The lowest BCUT2D eigenvalue weighted by Crippen LogP contribution is -2.45. The maximum absolute atomic E-state index is 12.1. The lowest BCUT2D eigenvalue weighted by Gasteiger charge is -2.28. The molecule has 0 bridgehead atoms. The summed E-state index contributed by atoms with van der Waals surface area (Å²) in [6.07, 6.45) is 0. The Hall–Kier alpha value is -1.30. The maximum atomic E-state index is 12.1. The molecule has 0 saturated heterocycles. The van der Waals surface area contributed by atoms with Crippen LogP contribution in [0.25, 0.3) is 0 Å². The number of nitrogen functional groups attached to an aromatic ring is 1. The molecule has 0 saturated carbocycles. The Bertz CT molecular complexity index is 454. The third-order valence-electron chi connectivity index (χ3n) is 3.22. The number of hydrogen-bond donors (Lipinski definition) is 3. The first-order valence-electron chi connectivity index (χ1n) is 6.05. The molecular formula is C13H20ClN3O2. The molecule has 0 heterocycles. The summed E-state index contributed by atoms with van der Waals surface area (Å²) >= 11 is 5.80. The largest absolute Gasteiger partial charge is 0.397 e. The van der Waals surface area contributed by atoms with Gasteiger partial charge in [0.2, 0.25) is 5.91 Å². The van der Waals surface area contributed by atoms with E-state index in [1.165, 1.54) is 0 Å². The van der Waals surface area contributed by atoms with Crippen molar-refractivity contribution in [1.29, 1.82) is 0 Å². The summed E-state index contributed by atoms with van der Waals surface area (Å²) in [5, 5.41) is 12.4. The van der Waals surface area contributed by atoms with Crippen molar-refractivity contribution in [3.63, 3.8) is 0 Å². The summed E-state index contributed by atoms with van der Waals surface area (Å²) in [4.78, 5) is 13.9. The number of amides is 1. The monoisotopic (exact) mass is 285 g/mol. The van der Waals surface area contributed by atoms with Crippen LogP contribution in [0.4, 0.5) is 11.4 Å². The quantitative estimate of drug-likeness (QED) is 0.718. The fourth-order valence-corrected chi connectivity index (χ4v) is 1.76. The summed E-state index contributed by atoms with van der Waals surface area (Å²) in [6, 6.07) is 4.44. The number of aliphatic hydroxyl groups excluding tert-OH is 1. The van der Waals surface area contributed by atoms with Crippen molar-refractivity contribution in [2.75, 3.05) is 24.7 Å². The molecule has 0 spiro atoms. The van der Waals surface area contributed by atoms with Crippen molar-refractivity contribution in [2.24, 2.45) is 0 Å². The van der Waals surface area contributed by atoms with Crippen LogP contribution in [0.5, 0.6) is 0 Å². The summed E-state index contributed by atoms with van der Waals surface area (Å²) in [7, 11) is 1.79. The number of carbonyl (C=O) groups excluding carboxylic acids is 1. The molecule has 1 rings (SSSR count). The van der Waals surface area contributed by atoms with Crippen molar-refractivity contribution in [3.05, 3.63) is 23.2 Å². The topological polar surface area (TPSA) is 78.6 Å². The zero-order valence-corrected chi connectivity index (χ0v) is 12.1. The van der Waals surface area contributed by atoms with E-state index in [2.05, 4.69) is 5.32 Å². The van der Waals surface area contributed by atoms with Crippen molar-refractivity contribution in [3.8, 4) is 0 Å². The lowest BCUT2D eigenvalue weighted by atomic mass is 10.2. The fourth-order valence-electron chi connectivity index (χ4n) is 1.58. The van der Waals surface area contributed by atoms with Gasteiger partial charge in [-0.1, -0.05) is 11.6 Å². The van der Waals surface area contributed by atoms with Gasteiger partial charge in [0.05, 0.1) is 24.0 Å². The summed E-state index contributed by atoms with van der Waals surface area (Å²) in [5.74, 6) is -0.183. The van der Waals surface area contributed by atoms with Gasteiger partial charge in [0.15, 0.2) is 0 Å². The van der Waals surface area contributed by atoms with Crippen LogP contribution in [0.3, 0.4) is 0 Å². The Morgan fingerprint density at radius 2 is 2.16 bits per heavy atom. The minimum absolute atomic E-state index is 0.00277. The van der Waals surface area contributed by atoms with Crippen LogP contribution < -0.4 is 11.1 Å². The van der Waals surface area contributed by atoms with Gasteiger partial charge < -0.3 is 16.2 Å². The molecule has 4 N–H and O–H groups in total. The maximum Gasteiger partial charge on any atom is 0.241 e. The zero-order chi connectivity index (χ0) is 14.6. The molecule has 0 aliphatic carbocycles. The summed E-state index contributed by atoms with van der Waals surface area (Å²) < 4.78 is 0. The van der Waals surface area contributed by atoms with Gasteiger partial charge in [-0.25, -0.2) is 0 Å². The molecule has 0 aliphatic rings. The van der Waals surface area contributed by atoms with E-state index < -0.39 is 0 Å². The van der Waals surface area contributed by atoms with Gasteiger partial charge in [-0.15, -0.1) is 0 Å². The Balaban J connectivity index is 2.74. The molecule has 5 nitrogen and oxygen atoms in total. The fraction of sp³-hybridized carbons (Fsp3) is 0.462. The highest BCUT2D eigenvalue weighted by Gasteiger charge is 2.22. The van der Waals surface area contributed by atoms with Crippen molar-refractivity contribution < 1.29 is 9.90 Å². The first kappa shape index (κ1) is 15.8. The molecule has 0 fully saturated rings. The number of hydrogen-bond acceptors (Lipinski definition) is 4. The summed E-state index contributed by atoms with van der Waals surface area (Å²) in [6.45, 7) is 3.62. The average Bonchev–Trinajstić information content (AvgIpc) is 2.39. The third kappa shape index (κ3) is 4.09. The van der Waals surface area contributed by atoms with Gasteiger partial charge in [-0.2, -0.15) is 0 Å². The predicted octanol–water partition coefficient (Wildman–Crippen LogP) is 1.56. The van der Waals surface area contributed by atoms with Gasteiger partial charge in [-0.3, -0.25) is 9.69 Å². The van der Waals surface area contributed by atoms with E-state index in [0.717, 1.165) is 0 Å². The number of aliphatic hydroxyl groups is 1. The molecule has 1 aromatic carbocycles. The molecule has 2 atom stereocenters. The molecule has 0 radical (unpaired) electrons.